The highest BCUT2D eigenvalue weighted by Gasteiger charge is 2.40. The minimum Gasteiger partial charge on any atom is -0.497 e. The Morgan fingerprint density at radius 2 is 1.45 bits per heavy atom. The van der Waals surface area contributed by atoms with Gasteiger partial charge >= 0.3 is 12.1 Å². The number of nitrogens with zero attached hydrogens (tertiary/aromatic N) is 1. The van der Waals surface area contributed by atoms with Crippen LogP contribution in [0.4, 0.5) is 4.79 Å². The predicted octanol–water partition coefficient (Wildman–Crippen LogP) is 4.42. The Kier molecular flexibility index (Phi) is 12.9. The van der Waals surface area contributed by atoms with Gasteiger partial charge in [-0.25, -0.2) is 9.69 Å². The van der Waals surface area contributed by atoms with E-state index in [2.05, 4.69) is 15.6 Å². The number of imide groups is 3. The van der Waals surface area contributed by atoms with Gasteiger partial charge in [-0.05, 0) is 72.9 Å². The molecule has 1 aromatic heterocycles. The second-order valence-corrected chi connectivity index (χ2v) is 14.3. The Balaban J connectivity index is 1.48. The van der Waals surface area contributed by atoms with E-state index in [4.69, 9.17) is 15.2 Å². The Hall–Kier alpha value is -6.54. The standard InChI is InChI=1S/C42H45N5O9/c1-42(2,3)56-41(54)46-34(22-29-24-44-33-12-8-7-11-31(29)33)39(52)47(36(48)21-25-14-17-30(55-4)18-15-25)40(53)35(23-37(49)50)45-38(51)32(43)20-26-13-16-27-9-5-6-10-28(27)19-26/h5-19,24,32,34-35,44H,20-23,43H2,1-4H3,(H,45,51)(H,46,54)(H,49,50)/t32-,34-,35-/m0/s1. The van der Waals surface area contributed by atoms with Crippen molar-refractivity contribution >= 4 is 57.4 Å². The molecule has 0 unspecified atom stereocenters. The van der Waals surface area contributed by atoms with E-state index in [9.17, 15) is 33.9 Å². The number of aromatic nitrogens is 1. The van der Waals surface area contributed by atoms with Crippen LogP contribution in [-0.4, -0.2) is 81.5 Å². The van der Waals surface area contributed by atoms with Crippen LogP contribution in [0.25, 0.3) is 21.7 Å². The van der Waals surface area contributed by atoms with Gasteiger partial charge in [0.1, 0.15) is 23.4 Å². The van der Waals surface area contributed by atoms with Gasteiger partial charge in [0.25, 0.3) is 11.8 Å². The van der Waals surface area contributed by atoms with Crippen molar-refractivity contribution in [1.29, 1.82) is 0 Å². The van der Waals surface area contributed by atoms with Gasteiger partial charge in [-0.1, -0.05) is 72.8 Å². The second-order valence-electron chi connectivity index (χ2n) is 14.3. The molecule has 14 nitrogen and oxygen atoms in total. The molecule has 0 bridgehead atoms. The van der Waals surface area contributed by atoms with Gasteiger partial charge in [0.2, 0.25) is 11.8 Å². The lowest BCUT2D eigenvalue weighted by Gasteiger charge is -2.29. The number of benzene rings is 4. The van der Waals surface area contributed by atoms with Crippen LogP contribution in [0.2, 0.25) is 0 Å². The lowest BCUT2D eigenvalue weighted by atomic mass is 10.0. The minimum absolute atomic E-state index is 0.0379. The van der Waals surface area contributed by atoms with Crippen LogP contribution in [0, 0.1) is 0 Å². The summed E-state index contributed by atoms with van der Waals surface area (Å²) >= 11 is 0. The number of carbonyl (C=O) groups excluding carboxylic acids is 5. The Bertz CT molecular complexity index is 2240. The summed E-state index contributed by atoms with van der Waals surface area (Å²) in [6.45, 7) is 4.88. The van der Waals surface area contributed by atoms with Gasteiger partial charge < -0.3 is 35.9 Å². The summed E-state index contributed by atoms with van der Waals surface area (Å²) in [7, 11) is 1.47. The van der Waals surface area contributed by atoms with Crippen molar-refractivity contribution in [3.8, 4) is 5.75 Å². The smallest absolute Gasteiger partial charge is 0.408 e. The van der Waals surface area contributed by atoms with Crippen molar-refractivity contribution in [2.75, 3.05) is 7.11 Å². The monoisotopic (exact) mass is 763 g/mol. The number of carbonyl (C=O) groups is 6. The van der Waals surface area contributed by atoms with Crippen molar-refractivity contribution in [1.82, 2.24) is 20.5 Å². The third kappa shape index (κ3) is 10.6. The third-order valence-corrected chi connectivity index (χ3v) is 8.89. The van der Waals surface area contributed by atoms with E-state index in [1.54, 1.807) is 69.4 Å². The molecular weight excluding hydrogens is 718 g/mol. The van der Waals surface area contributed by atoms with Gasteiger partial charge in [-0.3, -0.25) is 24.0 Å². The summed E-state index contributed by atoms with van der Waals surface area (Å²) in [5, 5.41) is 17.4. The molecule has 5 aromatic rings. The summed E-state index contributed by atoms with van der Waals surface area (Å²) in [5.41, 5.74) is 7.72. The maximum absolute atomic E-state index is 14.6. The highest BCUT2D eigenvalue weighted by Crippen LogP contribution is 2.22. The summed E-state index contributed by atoms with van der Waals surface area (Å²) in [5.74, 6) is -5.41. The number of carboxylic acid groups (broad SMARTS) is 1. The predicted molar refractivity (Wildman–Crippen MR) is 209 cm³/mol. The van der Waals surface area contributed by atoms with Crippen molar-refractivity contribution in [2.45, 2.75) is 70.2 Å². The largest absolute Gasteiger partial charge is 0.497 e. The van der Waals surface area contributed by atoms with Crippen LogP contribution in [-0.2, 0) is 48.0 Å². The number of ether oxygens (including phenoxy) is 2. The molecule has 4 aromatic carbocycles. The fourth-order valence-electron chi connectivity index (χ4n) is 6.20. The van der Waals surface area contributed by atoms with Crippen LogP contribution >= 0.6 is 0 Å². The number of alkyl carbamates (subject to hydrolysis) is 1. The number of hydrogen-bond acceptors (Lipinski definition) is 9. The first-order chi connectivity index (χ1) is 26.6. The molecule has 14 heteroatoms. The molecule has 0 aliphatic carbocycles. The number of rotatable bonds is 14. The quantitative estimate of drug-likeness (QED) is 0.108. The number of aliphatic carboxylic acids is 1. The van der Waals surface area contributed by atoms with Crippen LogP contribution in [0.5, 0.6) is 5.75 Å². The second kappa shape index (κ2) is 17.7. The molecule has 0 saturated carbocycles. The molecule has 3 atom stereocenters. The van der Waals surface area contributed by atoms with Gasteiger partial charge in [-0.15, -0.1) is 0 Å². The lowest BCUT2D eigenvalue weighted by molar-refractivity contribution is -0.158. The fourth-order valence-corrected chi connectivity index (χ4v) is 6.20. The van der Waals surface area contributed by atoms with Crippen molar-refractivity contribution < 1.29 is 43.3 Å². The molecule has 0 aliphatic rings. The van der Waals surface area contributed by atoms with E-state index in [-0.39, 0.29) is 12.8 Å². The van der Waals surface area contributed by atoms with Crippen molar-refractivity contribution in [3.63, 3.8) is 0 Å². The molecule has 292 valence electrons. The van der Waals surface area contributed by atoms with E-state index in [0.717, 1.165) is 21.7 Å². The molecular formula is C42H45N5O9. The maximum Gasteiger partial charge on any atom is 0.408 e. The Morgan fingerprint density at radius 3 is 2.12 bits per heavy atom. The molecule has 0 saturated heterocycles. The number of nitrogens with one attached hydrogen (secondary N) is 3. The zero-order chi connectivity index (χ0) is 40.6. The number of nitrogens with two attached hydrogens (primary N) is 1. The summed E-state index contributed by atoms with van der Waals surface area (Å²) < 4.78 is 10.6. The first-order valence-corrected chi connectivity index (χ1v) is 18.0. The fraction of sp³-hybridized carbons (Fsp3) is 0.286. The number of methoxy groups -OCH3 is 1. The summed E-state index contributed by atoms with van der Waals surface area (Å²) in [4.78, 5) is 85.4. The highest BCUT2D eigenvalue weighted by atomic mass is 16.6. The average molecular weight is 764 g/mol. The molecule has 1 heterocycles. The lowest BCUT2D eigenvalue weighted by Crippen LogP contribution is -2.60. The Morgan fingerprint density at radius 1 is 0.804 bits per heavy atom. The van der Waals surface area contributed by atoms with Crippen molar-refractivity contribution in [3.05, 3.63) is 114 Å². The van der Waals surface area contributed by atoms with Crippen LogP contribution in [0.1, 0.15) is 43.9 Å². The average Bonchev–Trinajstić information content (AvgIpc) is 3.56. The number of amides is 5. The first-order valence-electron chi connectivity index (χ1n) is 18.0. The van der Waals surface area contributed by atoms with Gasteiger partial charge in [0.05, 0.1) is 26.0 Å². The molecule has 0 aliphatic heterocycles. The number of aromatic amines is 1. The summed E-state index contributed by atoms with van der Waals surface area (Å²) in [6, 6.07) is 22.0. The van der Waals surface area contributed by atoms with Gasteiger partial charge in [0, 0.05) is 23.5 Å². The third-order valence-electron chi connectivity index (χ3n) is 8.89. The van der Waals surface area contributed by atoms with E-state index in [0.29, 0.717) is 27.3 Å². The van der Waals surface area contributed by atoms with E-state index < -0.39 is 72.3 Å². The van der Waals surface area contributed by atoms with Crippen LogP contribution in [0.15, 0.2) is 97.2 Å². The van der Waals surface area contributed by atoms with E-state index in [1.165, 1.54) is 7.11 Å². The molecule has 56 heavy (non-hydrogen) atoms. The normalized spacial score (nSPS) is 12.9. The number of fused-ring (bicyclic) bond motifs is 2. The van der Waals surface area contributed by atoms with E-state index >= 15 is 0 Å². The van der Waals surface area contributed by atoms with Gasteiger partial charge in [-0.2, -0.15) is 0 Å². The molecule has 0 radical (unpaired) electrons. The van der Waals surface area contributed by atoms with Crippen LogP contribution < -0.4 is 21.1 Å². The number of carboxylic acids is 1. The Labute approximate surface area is 323 Å². The highest BCUT2D eigenvalue weighted by molar-refractivity contribution is 6.15. The van der Waals surface area contributed by atoms with Crippen molar-refractivity contribution in [2.24, 2.45) is 5.73 Å². The topological polar surface area (TPSA) is 210 Å². The SMILES string of the molecule is COc1ccc(CC(=O)N(C(=O)[C@H](Cc2c[nH]c3ccccc23)NC(=O)OC(C)(C)C)C(=O)[C@H](CC(=O)O)NC(=O)[C@@H](N)Cc2ccc3ccccc3c2)cc1. The maximum atomic E-state index is 14.6. The van der Waals surface area contributed by atoms with Gasteiger partial charge in [0.15, 0.2) is 0 Å². The molecule has 0 fully saturated rings. The molecule has 6 N–H and O–H groups in total. The zero-order valence-corrected chi connectivity index (χ0v) is 31.5. The van der Waals surface area contributed by atoms with Crippen LogP contribution in [0.3, 0.4) is 0 Å². The molecule has 5 amide bonds. The number of para-hydroxylation sites is 1. The number of hydrogen-bond donors (Lipinski definition) is 5. The van der Waals surface area contributed by atoms with E-state index in [1.807, 2.05) is 48.5 Å². The number of H-pyrrole nitrogens is 1. The first kappa shape index (κ1) is 40.6. The minimum atomic E-state index is -1.90. The summed E-state index contributed by atoms with van der Waals surface area (Å²) in [6.07, 6.45) is -0.995. The molecule has 5 rings (SSSR count). The zero-order valence-electron chi connectivity index (χ0n) is 31.5. The molecule has 0 spiro atoms.